The highest BCUT2D eigenvalue weighted by Crippen LogP contribution is 2.26. The lowest BCUT2D eigenvalue weighted by Gasteiger charge is -2.04. The highest BCUT2D eigenvalue weighted by atomic mass is 16.1. The lowest BCUT2D eigenvalue weighted by Crippen LogP contribution is -2.12. The van der Waals surface area contributed by atoms with Gasteiger partial charge in [0, 0.05) is 17.3 Å². The van der Waals surface area contributed by atoms with Gasteiger partial charge in [0.2, 0.25) is 0 Å². The Morgan fingerprint density at radius 2 is 1.46 bits per heavy atom. The Hall–Kier alpha value is -3.40. The molecule has 4 heteroatoms. The van der Waals surface area contributed by atoms with E-state index in [0.717, 1.165) is 11.1 Å². The number of hydrogen-bond acceptors (Lipinski definition) is 3. The standard InChI is InChI=1S/C14H11N.C6H6N2O/c15-14-7-3-6-12-8-10-4-1-2-5-11(10)9-13(12)14;7-6(9)5-3-1-2-4-8-5/h1-9H,15H2;1-4H,(H2,7,9). The van der Waals surface area contributed by atoms with Crippen LogP contribution in [0.2, 0.25) is 0 Å². The second-order valence-electron chi connectivity index (χ2n) is 5.35. The molecule has 0 unspecified atom stereocenters. The van der Waals surface area contributed by atoms with Crippen LogP contribution >= 0.6 is 0 Å². The largest absolute Gasteiger partial charge is 0.398 e. The van der Waals surface area contributed by atoms with E-state index in [9.17, 15) is 4.79 Å². The van der Waals surface area contributed by atoms with Crippen LogP contribution in [-0.2, 0) is 0 Å². The van der Waals surface area contributed by atoms with Gasteiger partial charge in [-0.05, 0) is 46.5 Å². The summed E-state index contributed by atoms with van der Waals surface area (Å²) in [5, 5.41) is 4.84. The number of carbonyl (C=O) groups is 1. The second-order valence-corrected chi connectivity index (χ2v) is 5.35. The van der Waals surface area contributed by atoms with Gasteiger partial charge in [-0.2, -0.15) is 0 Å². The summed E-state index contributed by atoms with van der Waals surface area (Å²) in [6, 6.07) is 23.7. The van der Waals surface area contributed by atoms with Crippen molar-refractivity contribution in [3.05, 3.63) is 84.7 Å². The van der Waals surface area contributed by atoms with Gasteiger partial charge in [-0.25, -0.2) is 0 Å². The number of primary amides is 1. The van der Waals surface area contributed by atoms with Crippen LogP contribution in [0.25, 0.3) is 21.5 Å². The first-order valence-corrected chi connectivity index (χ1v) is 7.53. The Kier molecular flexibility index (Phi) is 4.38. The third kappa shape index (κ3) is 3.33. The first-order valence-electron chi connectivity index (χ1n) is 7.53. The molecular formula is C20H17N3O. The molecule has 118 valence electrons. The molecule has 0 spiro atoms. The molecule has 0 fully saturated rings. The predicted molar refractivity (Wildman–Crippen MR) is 98.6 cm³/mol. The average molecular weight is 315 g/mol. The fourth-order valence-electron chi connectivity index (χ4n) is 2.50. The van der Waals surface area contributed by atoms with Gasteiger partial charge in [0.25, 0.3) is 5.91 Å². The molecule has 0 radical (unpaired) electrons. The minimum absolute atomic E-state index is 0.303. The SMILES string of the molecule is NC(=O)c1ccccn1.Nc1cccc2cc3ccccc3cc12. The second kappa shape index (κ2) is 6.79. The van der Waals surface area contributed by atoms with Crippen molar-refractivity contribution in [2.24, 2.45) is 5.73 Å². The number of rotatable bonds is 1. The number of carbonyl (C=O) groups excluding carboxylic acids is 1. The van der Waals surface area contributed by atoms with Gasteiger partial charge < -0.3 is 11.5 Å². The van der Waals surface area contributed by atoms with Gasteiger partial charge in [-0.3, -0.25) is 9.78 Å². The fourth-order valence-corrected chi connectivity index (χ4v) is 2.50. The zero-order valence-electron chi connectivity index (χ0n) is 13.0. The van der Waals surface area contributed by atoms with Crippen LogP contribution in [-0.4, -0.2) is 10.9 Å². The van der Waals surface area contributed by atoms with Crippen molar-refractivity contribution in [2.75, 3.05) is 5.73 Å². The Balaban J connectivity index is 0.000000162. The average Bonchev–Trinajstić information content (AvgIpc) is 2.62. The van der Waals surface area contributed by atoms with Crippen LogP contribution in [0.4, 0.5) is 5.69 Å². The monoisotopic (exact) mass is 315 g/mol. The molecule has 24 heavy (non-hydrogen) atoms. The third-order valence-corrected chi connectivity index (χ3v) is 3.70. The zero-order chi connectivity index (χ0) is 16.9. The molecule has 0 aliphatic rings. The van der Waals surface area contributed by atoms with Crippen molar-refractivity contribution >= 4 is 33.1 Å². The van der Waals surface area contributed by atoms with Crippen molar-refractivity contribution in [3.63, 3.8) is 0 Å². The summed E-state index contributed by atoms with van der Waals surface area (Å²) in [5.74, 6) is -0.490. The predicted octanol–water partition coefficient (Wildman–Crippen LogP) is 3.76. The highest BCUT2D eigenvalue weighted by molar-refractivity contribution is 6.03. The van der Waals surface area contributed by atoms with E-state index in [1.165, 1.54) is 22.4 Å². The van der Waals surface area contributed by atoms with Gasteiger partial charge in [0.1, 0.15) is 5.69 Å². The molecule has 0 aliphatic carbocycles. The van der Waals surface area contributed by atoms with Gasteiger partial charge in [0.15, 0.2) is 0 Å². The molecule has 0 saturated carbocycles. The summed E-state index contributed by atoms with van der Waals surface area (Å²) in [6.07, 6.45) is 1.53. The summed E-state index contributed by atoms with van der Waals surface area (Å²) in [4.78, 5) is 14.1. The van der Waals surface area contributed by atoms with E-state index in [-0.39, 0.29) is 0 Å². The fraction of sp³-hybridized carbons (Fsp3) is 0. The molecule has 4 aromatic rings. The maximum atomic E-state index is 10.4. The molecule has 0 saturated heterocycles. The van der Waals surface area contributed by atoms with Crippen LogP contribution in [0.3, 0.4) is 0 Å². The number of hydrogen-bond donors (Lipinski definition) is 2. The number of amides is 1. The van der Waals surface area contributed by atoms with E-state index in [2.05, 4.69) is 41.4 Å². The molecule has 0 bridgehead atoms. The number of anilines is 1. The van der Waals surface area contributed by atoms with Crippen molar-refractivity contribution in [1.82, 2.24) is 4.98 Å². The number of nitrogens with two attached hydrogens (primary N) is 2. The maximum Gasteiger partial charge on any atom is 0.267 e. The zero-order valence-corrected chi connectivity index (χ0v) is 13.0. The molecule has 3 aromatic carbocycles. The van der Waals surface area contributed by atoms with Gasteiger partial charge in [-0.15, -0.1) is 0 Å². The van der Waals surface area contributed by atoms with E-state index in [1.807, 2.05) is 18.2 Å². The van der Waals surface area contributed by atoms with E-state index in [1.54, 1.807) is 18.2 Å². The third-order valence-electron chi connectivity index (χ3n) is 3.70. The van der Waals surface area contributed by atoms with Gasteiger partial charge in [0.05, 0.1) is 0 Å². The summed E-state index contributed by atoms with van der Waals surface area (Å²) in [5.41, 5.74) is 12.0. The molecule has 4 rings (SSSR count). The van der Waals surface area contributed by atoms with E-state index >= 15 is 0 Å². The number of aromatic nitrogens is 1. The first kappa shape index (κ1) is 15.5. The lowest BCUT2D eigenvalue weighted by atomic mass is 10.0. The van der Waals surface area contributed by atoms with Crippen molar-refractivity contribution in [2.45, 2.75) is 0 Å². The minimum Gasteiger partial charge on any atom is -0.398 e. The molecule has 4 nitrogen and oxygen atoms in total. The van der Waals surface area contributed by atoms with Crippen LogP contribution in [0.15, 0.2) is 79.0 Å². The van der Waals surface area contributed by atoms with E-state index in [4.69, 9.17) is 11.5 Å². The normalized spacial score (nSPS) is 10.2. The Labute approximate surface area is 139 Å². The number of nitrogen functional groups attached to an aromatic ring is 1. The molecule has 0 atom stereocenters. The molecule has 4 N–H and O–H groups in total. The van der Waals surface area contributed by atoms with Crippen LogP contribution in [0.5, 0.6) is 0 Å². The number of pyridine rings is 1. The van der Waals surface area contributed by atoms with Gasteiger partial charge in [-0.1, -0.05) is 42.5 Å². The van der Waals surface area contributed by atoms with Crippen molar-refractivity contribution in [1.29, 1.82) is 0 Å². The van der Waals surface area contributed by atoms with Gasteiger partial charge >= 0.3 is 0 Å². The Morgan fingerprint density at radius 1 is 0.792 bits per heavy atom. The smallest absolute Gasteiger partial charge is 0.267 e. The summed E-state index contributed by atoms with van der Waals surface area (Å²) < 4.78 is 0. The molecule has 1 aromatic heterocycles. The number of fused-ring (bicyclic) bond motifs is 2. The van der Waals surface area contributed by atoms with E-state index < -0.39 is 5.91 Å². The van der Waals surface area contributed by atoms with Crippen LogP contribution in [0, 0.1) is 0 Å². The number of nitrogens with zero attached hydrogens (tertiary/aromatic N) is 1. The van der Waals surface area contributed by atoms with Crippen LogP contribution < -0.4 is 11.5 Å². The highest BCUT2D eigenvalue weighted by Gasteiger charge is 1.99. The minimum atomic E-state index is -0.490. The number of benzene rings is 3. The van der Waals surface area contributed by atoms with Crippen molar-refractivity contribution < 1.29 is 4.79 Å². The van der Waals surface area contributed by atoms with Crippen LogP contribution in [0.1, 0.15) is 10.5 Å². The van der Waals surface area contributed by atoms with Crippen molar-refractivity contribution in [3.8, 4) is 0 Å². The summed E-state index contributed by atoms with van der Waals surface area (Å²) in [7, 11) is 0. The topological polar surface area (TPSA) is 82.0 Å². The lowest BCUT2D eigenvalue weighted by molar-refractivity contribution is 0.0995. The molecule has 1 amide bonds. The first-order chi connectivity index (χ1) is 11.6. The van der Waals surface area contributed by atoms with E-state index in [0.29, 0.717) is 5.69 Å². The summed E-state index contributed by atoms with van der Waals surface area (Å²) in [6.45, 7) is 0. The molecule has 0 aliphatic heterocycles. The molecule has 1 heterocycles. The quantitative estimate of drug-likeness (QED) is 0.414. The summed E-state index contributed by atoms with van der Waals surface area (Å²) >= 11 is 0. The maximum absolute atomic E-state index is 10.4. The Morgan fingerprint density at radius 3 is 2.08 bits per heavy atom. The molecular weight excluding hydrogens is 298 g/mol. The Bertz CT molecular complexity index is 997.